The fraction of sp³-hybridized carbons (Fsp3) is 0.778. The summed E-state index contributed by atoms with van der Waals surface area (Å²) in [5, 5.41) is 10.5. The highest BCUT2D eigenvalue weighted by molar-refractivity contribution is 5.87. The minimum Gasteiger partial charge on any atom is -0.480 e. The molecule has 0 aromatic rings. The first-order valence-electron chi connectivity index (χ1n) is 9.04. The summed E-state index contributed by atoms with van der Waals surface area (Å²) in [5.41, 5.74) is -1.38. The van der Waals surface area contributed by atoms with E-state index < -0.39 is 41.3 Å². The highest BCUT2D eigenvalue weighted by atomic mass is 16.7. The number of likely N-dealkylation sites (N-methyl/N-ethyl adjacent to an activating group) is 1. The first-order chi connectivity index (χ1) is 12.6. The van der Waals surface area contributed by atoms with Crippen molar-refractivity contribution in [2.24, 2.45) is 0 Å². The van der Waals surface area contributed by atoms with Gasteiger partial charge in [-0.15, -0.1) is 0 Å². The molecule has 160 valence electrons. The van der Waals surface area contributed by atoms with Crippen LogP contribution < -0.4 is 0 Å². The van der Waals surface area contributed by atoms with Crippen LogP contribution in [0.1, 0.15) is 48.0 Å². The molecule has 0 saturated carbocycles. The lowest BCUT2D eigenvalue weighted by Crippen LogP contribution is -2.47. The standard InChI is InChI=1S/C18H31N3O7/c1-17(2,3)27-16(26)19(7)10-14(23)20-9-12(8-13(20)15(24)25)21(11-22)28-18(4,5)6/h11-13H,8-10H2,1-7H3,(H,24,25)/t12?,13-/m0/s1. The lowest BCUT2D eigenvalue weighted by atomic mass is 10.1. The number of carbonyl (C=O) groups excluding carboxylic acids is 3. The van der Waals surface area contributed by atoms with Crippen LogP contribution in [0.2, 0.25) is 0 Å². The molecule has 0 radical (unpaired) electrons. The second-order valence-electron chi connectivity index (χ2n) is 8.80. The maximum atomic E-state index is 12.6. The number of amides is 3. The molecule has 10 heteroatoms. The van der Waals surface area contributed by atoms with Crippen molar-refractivity contribution in [3.8, 4) is 0 Å². The van der Waals surface area contributed by atoms with Gasteiger partial charge < -0.3 is 19.6 Å². The van der Waals surface area contributed by atoms with Crippen molar-refractivity contribution in [3.63, 3.8) is 0 Å². The fourth-order valence-electron chi connectivity index (χ4n) is 2.70. The van der Waals surface area contributed by atoms with E-state index in [0.29, 0.717) is 6.41 Å². The van der Waals surface area contributed by atoms with Crippen LogP contribution in [-0.4, -0.2) is 87.8 Å². The minimum atomic E-state index is -1.18. The number of hydrogen-bond donors (Lipinski definition) is 1. The molecule has 28 heavy (non-hydrogen) atoms. The Labute approximate surface area is 165 Å². The number of carboxylic acids is 1. The summed E-state index contributed by atoms with van der Waals surface area (Å²) in [7, 11) is 1.40. The molecule has 1 heterocycles. The zero-order chi connectivity index (χ0) is 21.9. The molecule has 1 unspecified atom stereocenters. The molecule has 0 bridgehead atoms. The number of likely N-dealkylation sites (tertiary alicyclic amines) is 1. The second kappa shape index (κ2) is 8.76. The number of carbonyl (C=O) groups is 4. The normalized spacial score (nSPS) is 19.9. The van der Waals surface area contributed by atoms with Gasteiger partial charge in [-0.2, -0.15) is 0 Å². The quantitative estimate of drug-likeness (QED) is 0.523. The lowest BCUT2D eigenvalue weighted by molar-refractivity contribution is -0.230. The van der Waals surface area contributed by atoms with E-state index in [1.165, 1.54) is 7.05 Å². The monoisotopic (exact) mass is 401 g/mol. The van der Waals surface area contributed by atoms with Crippen LogP contribution in [0.25, 0.3) is 0 Å². The summed E-state index contributed by atoms with van der Waals surface area (Å²) < 4.78 is 5.19. The van der Waals surface area contributed by atoms with Crippen molar-refractivity contribution < 1.29 is 33.9 Å². The van der Waals surface area contributed by atoms with Crippen molar-refractivity contribution in [3.05, 3.63) is 0 Å². The van der Waals surface area contributed by atoms with Crippen LogP contribution in [0.5, 0.6) is 0 Å². The van der Waals surface area contributed by atoms with Gasteiger partial charge in [-0.1, -0.05) is 0 Å². The van der Waals surface area contributed by atoms with Crippen LogP contribution in [0.4, 0.5) is 4.79 Å². The van der Waals surface area contributed by atoms with E-state index in [0.717, 1.165) is 14.9 Å². The van der Waals surface area contributed by atoms with E-state index in [9.17, 15) is 24.3 Å². The molecule has 1 rings (SSSR count). The number of carboxylic acid groups (broad SMARTS) is 1. The maximum absolute atomic E-state index is 12.6. The summed E-state index contributed by atoms with van der Waals surface area (Å²) in [6.45, 7) is 10.0. The Balaban J connectivity index is 2.86. The molecule has 0 aliphatic carbocycles. The molecule has 1 N–H and O–H groups in total. The number of rotatable bonds is 6. The number of aliphatic carboxylic acids is 1. The summed E-state index contributed by atoms with van der Waals surface area (Å²) in [6, 6.07) is -1.72. The Morgan fingerprint density at radius 1 is 1.14 bits per heavy atom. The summed E-state index contributed by atoms with van der Waals surface area (Å²) in [5.74, 6) is -1.73. The van der Waals surface area contributed by atoms with Gasteiger partial charge in [0.05, 0.1) is 11.6 Å². The summed E-state index contributed by atoms with van der Waals surface area (Å²) >= 11 is 0. The SMILES string of the molecule is CN(CC(=O)N1CC(N(C=O)OC(C)(C)C)C[C@H]1C(=O)O)C(=O)OC(C)(C)C. The molecular formula is C18H31N3O7. The Kier molecular flexibility index (Phi) is 7.41. The van der Waals surface area contributed by atoms with Crippen LogP contribution in [-0.2, 0) is 24.0 Å². The van der Waals surface area contributed by atoms with Crippen molar-refractivity contribution in [2.45, 2.75) is 71.2 Å². The summed E-state index contributed by atoms with van der Waals surface area (Å²) in [4.78, 5) is 55.5. The highest BCUT2D eigenvalue weighted by Gasteiger charge is 2.43. The highest BCUT2D eigenvalue weighted by Crippen LogP contribution is 2.25. The van der Waals surface area contributed by atoms with Gasteiger partial charge in [-0.3, -0.25) is 14.4 Å². The largest absolute Gasteiger partial charge is 0.480 e. The number of nitrogens with zero attached hydrogens (tertiary/aromatic N) is 3. The molecule has 1 fully saturated rings. The molecule has 0 aromatic carbocycles. The Morgan fingerprint density at radius 3 is 2.14 bits per heavy atom. The van der Waals surface area contributed by atoms with Crippen molar-refractivity contribution in [1.29, 1.82) is 0 Å². The zero-order valence-electron chi connectivity index (χ0n) is 17.6. The van der Waals surface area contributed by atoms with Crippen LogP contribution in [0.3, 0.4) is 0 Å². The third-order valence-electron chi connectivity index (χ3n) is 3.81. The van der Waals surface area contributed by atoms with Crippen LogP contribution in [0, 0.1) is 0 Å². The fourth-order valence-corrected chi connectivity index (χ4v) is 2.70. The van der Waals surface area contributed by atoms with Gasteiger partial charge in [0, 0.05) is 20.0 Å². The van der Waals surface area contributed by atoms with Crippen molar-refractivity contribution in [1.82, 2.24) is 14.9 Å². The predicted molar refractivity (Wildman–Crippen MR) is 99.1 cm³/mol. The molecule has 1 aliphatic heterocycles. The molecule has 10 nitrogen and oxygen atoms in total. The van der Waals surface area contributed by atoms with Crippen LogP contribution >= 0.6 is 0 Å². The lowest BCUT2D eigenvalue weighted by Gasteiger charge is -2.31. The van der Waals surface area contributed by atoms with Gasteiger partial charge >= 0.3 is 12.1 Å². The van der Waals surface area contributed by atoms with E-state index in [1.54, 1.807) is 41.5 Å². The molecule has 0 spiro atoms. The molecular weight excluding hydrogens is 370 g/mol. The minimum absolute atomic E-state index is 0.00716. The smallest absolute Gasteiger partial charge is 0.410 e. The van der Waals surface area contributed by atoms with E-state index >= 15 is 0 Å². The Morgan fingerprint density at radius 2 is 1.71 bits per heavy atom. The Bertz CT molecular complexity index is 609. The first-order valence-corrected chi connectivity index (χ1v) is 9.04. The molecule has 0 aromatic heterocycles. The molecule has 1 saturated heterocycles. The molecule has 3 amide bonds. The van der Waals surface area contributed by atoms with Crippen molar-refractivity contribution in [2.75, 3.05) is 20.1 Å². The zero-order valence-corrected chi connectivity index (χ0v) is 17.6. The van der Waals surface area contributed by atoms with Gasteiger partial charge in [0.15, 0.2) is 0 Å². The third kappa shape index (κ3) is 6.99. The van der Waals surface area contributed by atoms with E-state index in [4.69, 9.17) is 9.57 Å². The first kappa shape index (κ1) is 23.7. The number of hydroxylamine groups is 2. The third-order valence-corrected chi connectivity index (χ3v) is 3.81. The van der Waals surface area contributed by atoms with Gasteiger partial charge in [0.2, 0.25) is 12.3 Å². The molecule has 2 atom stereocenters. The van der Waals surface area contributed by atoms with Crippen molar-refractivity contribution >= 4 is 24.4 Å². The van der Waals surface area contributed by atoms with Crippen LogP contribution in [0.15, 0.2) is 0 Å². The second-order valence-corrected chi connectivity index (χ2v) is 8.80. The number of ether oxygens (including phenoxy) is 1. The topological polar surface area (TPSA) is 117 Å². The average Bonchev–Trinajstić information content (AvgIpc) is 2.95. The average molecular weight is 401 g/mol. The van der Waals surface area contributed by atoms with Gasteiger partial charge in [-0.05, 0) is 41.5 Å². The summed E-state index contributed by atoms with van der Waals surface area (Å²) in [6.07, 6.45) is -0.171. The maximum Gasteiger partial charge on any atom is 0.410 e. The van der Waals surface area contributed by atoms with E-state index in [1.807, 2.05) is 0 Å². The Hall–Kier alpha value is -2.36. The van der Waals surface area contributed by atoms with E-state index in [2.05, 4.69) is 0 Å². The molecule has 1 aliphatic rings. The predicted octanol–water partition coefficient (Wildman–Crippen LogP) is 1.10. The van der Waals surface area contributed by atoms with E-state index in [-0.39, 0.29) is 19.5 Å². The number of hydrogen-bond acceptors (Lipinski definition) is 6. The van der Waals surface area contributed by atoms with Gasteiger partial charge in [-0.25, -0.2) is 14.7 Å². The van der Waals surface area contributed by atoms with Gasteiger partial charge in [0.25, 0.3) is 0 Å². The van der Waals surface area contributed by atoms with Gasteiger partial charge in [0.1, 0.15) is 18.2 Å².